The number of carbonyl (C=O) groups excluding carboxylic acids is 2. The molecule has 108 valence electrons. The van der Waals surface area contributed by atoms with Crippen LogP contribution in [0.2, 0.25) is 0 Å². The Kier molecular flexibility index (Phi) is 3.89. The standard InChI is InChI=1S/C13H16FN3O3/c1-7-4-8(15)5-9(11(7)14)13(19)17-2-3-20-6-10(17)12(16)18/h4-5,10H,2-3,6,15H2,1H3,(H2,16,18). The van der Waals surface area contributed by atoms with Gasteiger partial charge in [-0.15, -0.1) is 0 Å². The number of aryl methyl sites for hydroxylation is 1. The van der Waals surface area contributed by atoms with Gasteiger partial charge in [0.05, 0.1) is 18.8 Å². The van der Waals surface area contributed by atoms with Gasteiger partial charge in [-0.3, -0.25) is 9.59 Å². The molecule has 7 heteroatoms. The van der Waals surface area contributed by atoms with Crippen molar-refractivity contribution in [3.05, 3.63) is 29.1 Å². The minimum atomic E-state index is -0.891. The van der Waals surface area contributed by atoms with Crippen molar-refractivity contribution in [2.24, 2.45) is 5.73 Å². The Morgan fingerprint density at radius 2 is 2.15 bits per heavy atom. The Hall–Kier alpha value is -2.15. The number of primary amides is 1. The Bertz CT molecular complexity index is 562. The van der Waals surface area contributed by atoms with Gasteiger partial charge in [0.2, 0.25) is 5.91 Å². The zero-order chi connectivity index (χ0) is 14.9. The first-order valence-corrected chi connectivity index (χ1v) is 6.15. The van der Waals surface area contributed by atoms with Crippen LogP contribution in [0.1, 0.15) is 15.9 Å². The van der Waals surface area contributed by atoms with E-state index >= 15 is 0 Å². The molecule has 1 saturated heterocycles. The van der Waals surface area contributed by atoms with Crippen molar-refractivity contribution in [1.82, 2.24) is 4.90 Å². The number of benzene rings is 1. The number of rotatable bonds is 2. The molecule has 2 amide bonds. The maximum atomic E-state index is 14.1. The second-order valence-electron chi connectivity index (χ2n) is 4.69. The number of nitrogens with zero attached hydrogens (tertiary/aromatic N) is 1. The van der Waals surface area contributed by atoms with Crippen LogP contribution in [0.4, 0.5) is 10.1 Å². The lowest BCUT2D eigenvalue weighted by Gasteiger charge is -2.33. The third kappa shape index (κ3) is 2.57. The van der Waals surface area contributed by atoms with E-state index in [4.69, 9.17) is 16.2 Å². The van der Waals surface area contributed by atoms with Gasteiger partial charge in [0.25, 0.3) is 5.91 Å². The molecular weight excluding hydrogens is 265 g/mol. The van der Waals surface area contributed by atoms with Crippen LogP contribution in [-0.2, 0) is 9.53 Å². The highest BCUT2D eigenvalue weighted by molar-refractivity contribution is 5.98. The normalized spacial score (nSPS) is 18.9. The van der Waals surface area contributed by atoms with Crippen molar-refractivity contribution in [3.63, 3.8) is 0 Å². The molecule has 1 heterocycles. The number of nitrogen functional groups attached to an aromatic ring is 1. The van der Waals surface area contributed by atoms with Crippen molar-refractivity contribution in [3.8, 4) is 0 Å². The molecule has 20 heavy (non-hydrogen) atoms. The lowest BCUT2D eigenvalue weighted by molar-refractivity contribution is -0.127. The van der Waals surface area contributed by atoms with Gasteiger partial charge >= 0.3 is 0 Å². The highest BCUT2D eigenvalue weighted by atomic mass is 19.1. The molecule has 1 fully saturated rings. The second-order valence-corrected chi connectivity index (χ2v) is 4.69. The summed E-state index contributed by atoms with van der Waals surface area (Å²) < 4.78 is 19.2. The molecule has 0 aromatic heterocycles. The van der Waals surface area contributed by atoms with Crippen LogP contribution in [0.5, 0.6) is 0 Å². The summed E-state index contributed by atoms with van der Waals surface area (Å²) in [7, 11) is 0. The summed E-state index contributed by atoms with van der Waals surface area (Å²) in [6.45, 7) is 2.00. The van der Waals surface area contributed by atoms with Gasteiger partial charge in [0.15, 0.2) is 0 Å². The molecule has 1 aromatic carbocycles. The van der Waals surface area contributed by atoms with Gasteiger partial charge < -0.3 is 21.1 Å². The predicted molar refractivity (Wildman–Crippen MR) is 70.4 cm³/mol. The first kappa shape index (κ1) is 14.3. The third-order valence-electron chi connectivity index (χ3n) is 3.23. The van der Waals surface area contributed by atoms with Crippen molar-refractivity contribution < 1.29 is 18.7 Å². The van der Waals surface area contributed by atoms with E-state index in [2.05, 4.69) is 0 Å². The van der Waals surface area contributed by atoms with E-state index in [0.29, 0.717) is 0 Å². The van der Waals surface area contributed by atoms with Gasteiger partial charge in [-0.1, -0.05) is 0 Å². The second kappa shape index (κ2) is 5.46. The first-order chi connectivity index (χ1) is 9.41. The number of nitrogens with two attached hydrogens (primary N) is 2. The van der Waals surface area contributed by atoms with Gasteiger partial charge in [-0.2, -0.15) is 0 Å². The fourth-order valence-corrected chi connectivity index (χ4v) is 2.19. The molecule has 1 atom stereocenters. The molecule has 0 bridgehead atoms. The molecule has 1 aliphatic rings. The van der Waals surface area contributed by atoms with E-state index in [1.54, 1.807) is 0 Å². The summed E-state index contributed by atoms with van der Waals surface area (Å²) in [6.07, 6.45) is 0. The molecule has 0 spiro atoms. The molecule has 2 rings (SSSR count). The maximum absolute atomic E-state index is 14.1. The number of anilines is 1. The summed E-state index contributed by atoms with van der Waals surface area (Å²) in [4.78, 5) is 25.0. The molecule has 0 saturated carbocycles. The zero-order valence-electron chi connectivity index (χ0n) is 11.1. The summed E-state index contributed by atoms with van der Waals surface area (Å²) in [5.74, 6) is -1.93. The van der Waals surface area contributed by atoms with Crippen molar-refractivity contribution >= 4 is 17.5 Å². The largest absolute Gasteiger partial charge is 0.399 e. The lowest BCUT2D eigenvalue weighted by Crippen LogP contribution is -2.54. The van der Waals surface area contributed by atoms with E-state index in [1.165, 1.54) is 24.0 Å². The minimum Gasteiger partial charge on any atom is -0.399 e. The highest BCUT2D eigenvalue weighted by Gasteiger charge is 2.33. The van der Waals surface area contributed by atoms with Crippen LogP contribution in [-0.4, -0.2) is 42.5 Å². The van der Waals surface area contributed by atoms with Crippen molar-refractivity contribution in [2.45, 2.75) is 13.0 Å². The van der Waals surface area contributed by atoms with E-state index in [1.807, 2.05) is 0 Å². The summed E-state index contributed by atoms with van der Waals surface area (Å²) in [5.41, 5.74) is 11.3. The monoisotopic (exact) mass is 281 g/mol. The topological polar surface area (TPSA) is 98.7 Å². The number of halogens is 1. The molecule has 0 radical (unpaired) electrons. The van der Waals surface area contributed by atoms with Crippen LogP contribution in [0, 0.1) is 12.7 Å². The number of hydrogen-bond donors (Lipinski definition) is 2. The first-order valence-electron chi connectivity index (χ1n) is 6.15. The maximum Gasteiger partial charge on any atom is 0.257 e. The van der Waals surface area contributed by atoms with Gasteiger partial charge in [-0.05, 0) is 24.6 Å². The van der Waals surface area contributed by atoms with Crippen LogP contribution >= 0.6 is 0 Å². The fraction of sp³-hybridized carbons (Fsp3) is 0.385. The molecule has 4 N–H and O–H groups in total. The highest BCUT2D eigenvalue weighted by Crippen LogP contribution is 2.20. The Labute approximate surface area is 115 Å². The number of hydrogen-bond acceptors (Lipinski definition) is 4. The van der Waals surface area contributed by atoms with E-state index in [-0.39, 0.29) is 36.6 Å². The van der Waals surface area contributed by atoms with Crippen LogP contribution < -0.4 is 11.5 Å². The average Bonchev–Trinajstić information content (AvgIpc) is 2.42. The molecule has 1 aliphatic heterocycles. The van der Waals surface area contributed by atoms with E-state index in [9.17, 15) is 14.0 Å². The lowest BCUT2D eigenvalue weighted by atomic mass is 10.1. The quantitative estimate of drug-likeness (QED) is 0.748. The van der Waals surface area contributed by atoms with Gasteiger partial charge in [-0.25, -0.2) is 4.39 Å². The smallest absolute Gasteiger partial charge is 0.257 e. The van der Waals surface area contributed by atoms with Crippen molar-refractivity contribution in [2.75, 3.05) is 25.5 Å². The minimum absolute atomic E-state index is 0.0178. The van der Waals surface area contributed by atoms with Crippen molar-refractivity contribution in [1.29, 1.82) is 0 Å². The summed E-state index contributed by atoms with van der Waals surface area (Å²) in [5, 5.41) is 0. The molecule has 6 nitrogen and oxygen atoms in total. The molecule has 1 unspecified atom stereocenters. The van der Waals surface area contributed by atoms with E-state index < -0.39 is 23.7 Å². The Morgan fingerprint density at radius 3 is 2.80 bits per heavy atom. The molecule has 0 aliphatic carbocycles. The van der Waals surface area contributed by atoms with Crippen LogP contribution in [0.15, 0.2) is 12.1 Å². The van der Waals surface area contributed by atoms with Gasteiger partial charge in [0, 0.05) is 12.2 Å². The SMILES string of the molecule is Cc1cc(N)cc(C(=O)N2CCOCC2C(N)=O)c1F. The molecular formula is C13H16FN3O3. The zero-order valence-corrected chi connectivity index (χ0v) is 11.1. The predicted octanol–water partition coefficient (Wildman–Crippen LogP) is 0.0426. The van der Waals surface area contributed by atoms with E-state index in [0.717, 1.165) is 0 Å². The molecule has 1 aromatic rings. The van der Waals surface area contributed by atoms with Crippen LogP contribution in [0.3, 0.4) is 0 Å². The number of ether oxygens (including phenoxy) is 1. The number of carbonyl (C=O) groups is 2. The fourth-order valence-electron chi connectivity index (χ4n) is 2.19. The Morgan fingerprint density at radius 1 is 1.45 bits per heavy atom. The number of morpholine rings is 1. The third-order valence-corrected chi connectivity index (χ3v) is 3.23. The van der Waals surface area contributed by atoms with Gasteiger partial charge in [0.1, 0.15) is 11.9 Å². The number of amides is 2. The van der Waals surface area contributed by atoms with Crippen LogP contribution in [0.25, 0.3) is 0 Å². The average molecular weight is 281 g/mol. The summed E-state index contributed by atoms with van der Waals surface area (Å²) in [6, 6.07) is 1.81. The Balaban J connectivity index is 2.37. The summed E-state index contributed by atoms with van der Waals surface area (Å²) >= 11 is 0.